The van der Waals surface area contributed by atoms with Crippen LogP contribution in [0.2, 0.25) is 0 Å². The summed E-state index contributed by atoms with van der Waals surface area (Å²) in [6.45, 7) is 2.68. The minimum atomic E-state index is -1.45. The molecule has 0 aliphatic carbocycles. The van der Waals surface area contributed by atoms with E-state index in [2.05, 4.69) is 0 Å². The first-order valence-electron chi connectivity index (χ1n) is 3.19. The highest BCUT2D eigenvalue weighted by Gasteiger charge is 2.35. The molecule has 0 aromatic heterocycles. The lowest BCUT2D eigenvalue weighted by atomic mass is 10.0. The molecule has 1 fully saturated rings. The Bertz CT molecular complexity index is 108. The minimum Gasteiger partial charge on any atom is -0.388 e. The Morgan fingerprint density at radius 2 is 2.30 bits per heavy atom. The number of hydrogen-bond acceptors (Lipinski definition) is 3. The fourth-order valence-electron chi connectivity index (χ4n) is 0.860. The molecule has 3 nitrogen and oxygen atoms in total. The van der Waals surface area contributed by atoms with Gasteiger partial charge in [0.05, 0.1) is 12.1 Å². The average molecular weight is 148 g/mol. The van der Waals surface area contributed by atoms with Crippen LogP contribution in [-0.2, 0) is 4.74 Å². The molecule has 10 heavy (non-hydrogen) atoms. The average Bonchev–Trinajstić information content (AvgIpc) is 1.93. The summed E-state index contributed by atoms with van der Waals surface area (Å²) in [7, 11) is 0. The Hall–Kier alpha value is -0.190. The summed E-state index contributed by atoms with van der Waals surface area (Å²) in [6, 6.07) is -0.625. The molecule has 1 saturated heterocycles. The van der Waals surface area contributed by atoms with Gasteiger partial charge in [0.25, 0.3) is 0 Å². The number of halogens is 1. The molecule has 0 amide bonds. The Balaban J connectivity index is 2.52. The summed E-state index contributed by atoms with van der Waals surface area (Å²) in [4.78, 5) is 0. The summed E-state index contributed by atoms with van der Waals surface area (Å²) in [5.74, 6) is 0. The lowest BCUT2D eigenvalue weighted by molar-refractivity contribution is -0.0638. The minimum absolute atomic E-state index is 0.304. The Morgan fingerprint density at radius 1 is 1.70 bits per heavy atom. The van der Waals surface area contributed by atoms with Crippen molar-refractivity contribution in [3.8, 4) is 0 Å². The third-order valence-electron chi connectivity index (χ3n) is 1.69. The van der Waals surface area contributed by atoms with E-state index < -0.39 is 18.3 Å². The predicted octanol–water partition coefficient (Wildman–Crippen LogP) is -0.407. The lowest BCUT2D eigenvalue weighted by Gasteiger charge is -2.32. The van der Waals surface area contributed by atoms with Crippen LogP contribution in [0, 0.1) is 6.61 Å². The number of aliphatic hydroxyl groups excluding tert-OH is 1. The highest BCUT2D eigenvalue weighted by molar-refractivity contribution is 4.92. The molecular formula is C6H11FNO2. The zero-order chi connectivity index (χ0) is 7.72. The molecule has 0 aromatic rings. The van der Waals surface area contributed by atoms with Crippen LogP contribution in [0.5, 0.6) is 0 Å². The molecule has 0 spiro atoms. The van der Waals surface area contributed by atoms with Gasteiger partial charge in [-0.1, -0.05) is 0 Å². The van der Waals surface area contributed by atoms with Gasteiger partial charge in [0, 0.05) is 0 Å². The van der Waals surface area contributed by atoms with E-state index >= 15 is 0 Å². The van der Waals surface area contributed by atoms with Gasteiger partial charge in [-0.05, 0) is 6.92 Å². The Labute approximate surface area is 59.0 Å². The maximum Gasteiger partial charge on any atom is 0.156 e. The molecule has 1 aliphatic rings. The van der Waals surface area contributed by atoms with Crippen LogP contribution < -0.4 is 5.73 Å². The van der Waals surface area contributed by atoms with E-state index in [1.807, 2.05) is 0 Å². The number of hydrogen-bond donors (Lipinski definition) is 2. The van der Waals surface area contributed by atoms with E-state index in [0.29, 0.717) is 0 Å². The summed E-state index contributed by atoms with van der Waals surface area (Å²) in [5.41, 5.74) is 5.38. The van der Waals surface area contributed by atoms with E-state index in [1.54, 1.807) is 6.92 Å². The van der Waals surface area contributed by atoms with Crippen molar-refractivity contribution in [2.45, 2.75) is 31.3 Å². The van der Waals surface area contributed by atoms with E-state index in [4.69, 9.17) is 15.6 Å². The number of rotatable bonds is 0. The second-order valence-electron chi connectivity index (χ2n) is 2.49. The highest BCUT2D eigenvalue weighted by Crippen LogP contribution is 2.18. The summed E-state index contributed by atoms with van der Waals surface area (Å²) in [5, 5.41) is 9.01. The molecule has 59 valence electrons. The topological polar surface area (TPSA) is 55.5 Å². The van der Waals surface area contributed by atoms with Gasteiger partial charge in [0.1, 0.15) is 12.7 Å². The van der Waals surface area contributed by atoms with Crippen molar-refractivity contribution in [1.29, 1.82) is 0 Å². The van der Waals surface area contributed by atoms with Gasteiger partial charge < -0.3 is 15.6 Å². The first-order chi connectivity index (χ1) is 4.63. The summed E-state index contributed by atoms with van der Waals surface area (Å²) >= 11 is 0. The fraction of sp³-hybridized carbons (Fsp3) is 0.833. The quantitative estimate of drug-likeness (QED) is 0.491. The third-order valence-corrected chi connectivity index (χ3v) is 1.69. The fourth-order valence-corrected chi connectivity index (χ4v) is 0.860. The van der Waals surface area contributed by atoms with Crippen LogP contribution in [0.3, 0.4) is 0 Å². The predicted molar refractivity (Wildman–Crippen MR) is 33.7 cm³/mol. The van der Waals surface area contributed by atoms with E-state index in [1.165, 1.54) is 0 Å². The summed E-state index contributed by atoms with van der Waals surface area (Å²) in [6.07, 6.45) is -2.88. The van der Waals surface area contributed by atoms with Crippen LogP contribution in [-0.4, -0.2) is 29.5 Å². The maximum atomic E-state index is 12.5. The zero-order valence-corrected chi connectivity index (χ0v) is 5.70. The number of ether oxygens (including phenoxy) is 1. The molecule has 4 heteroatoms. The molecule has 0 aromatic carbocycles. The van der Waals surface area contributed by atoms with Crippen LogP contribution in [0.15, 0.2) is 0 Å². The Kier molecular flexibility index (Phi) is 2.23. The standard InChI is InChI=1S/C6H11FNO2/c1-3-5(8)6(9)4(7)2-10-3/h2-6,9H,8H2,1H3/t3-,4-,5+,6-/m0/s1. The molecule has 1 heterocycles. The normalized spacial score (nSPS) is 49.2. The van der Waals surface area contributed by atoms with Crippen molar-refractivity contribution in [3.63, 3.8) is 0 Å². The van der Waals surface area contributed by atoms with Crippen LogP contribution in [0.25, 0.3) is 0 Å². The second-order valence-corrected chi connectivity index (χ2v) is 2.49. The van der Waals surface area contributed by atoms with Gasteiger partial charge in [0.2, 0.25) is 0 Å². The molecular weight excluding hydrogens is 137 g/mol. The van der Waals surface area contributed by atoms with Gasteiger partial charge in [0.15, 0.2) is 6.17 Å². The second kappa shape index (κ2) is 2.82. The first kappa shape index (κ1) is 7.91. The SMILES string of the molecule is C[C@@H]1O[CH][C@H](F)[C@H](O)[C@@H]1N. The van der Waals surface area contributed by atoms with Crippen LogP contribution in [0.1, 0.15) is 6.92 Å². The Morgan fingerprint density at radius 3 is 2.80 bits per heavy atom. The zero-order valence-electron chi connectivity index (χ0n) is 5.70. The molecule has 1 aliphatic heterocycles. The van der Waals surface area contributed by atoms with E-state index in [-0.39, 0.29) is 6.10 Å². The van der Waals surface area contributed by atoms with E-state index in [0.717, 1.165) is 6.61 Å². The van der Waals surface area contributed by atoms with Crippen molar-refractivity contribution >= 4 is 0 Å². The summed E-state index contributed by atoms with van der Waals surface area (Å²) < 4.78 is 17.3. The molecule has 3 N–H and O–H groups in total. The van der Waals surface area contributed by atoms with Crippen molar-refractivity contribution in [3.05, 3.63) is 6.61 Å². The van der Waals surface area contributed by atoms with Gasteiger partial charge in [-0.15, -0.1) is 0 Å². The van der Waals surface area contributed by atoms with Crippen molar-refractivity contribution in [2.75, 3.05) is 0 Å². The molecule has 0 unspecified atom stereocenters. The van der Waals surface area contributed by atoms with Gasteiger partial charge in [-0.25, -0.2) is 4.39 Å². The highest BCUT2D eigenvalue weighted by atomic mass is 19.1. The van der Waals surface area contributed by atoms with Crippen molar-refractivity contribution < 1.29 is 14.2 Å². The van der Waals surface area contributed by atoms with E-state index in [9.17, 15) is 4.39 Å². The molecule has 1 radical (unpaired) electrons. The smallest absolute Gasteiger partial charge is 0.156 e. The van der Waals surface area contributed by atoms with Crippen LogP contribution >= 0.6 is 0 Å². The van der Waals surface area contributed by atoms with Crippen LogP contribution in [0.4, 0.5) is 4.39 Å². The first-order valence-corrected chi connectivity index (χ1v) is 3.19. The molecule has 1 rings (SSSR count). The number of alkyl halides is 1. The molecule has 0 saturated carbocycles. The van der Waals surface area contributed by atoms with Crippen molar-refractivity contribution in [2.24, 2.45) is 5.73 Å². The third kappa shape index (κ3) is 1.28. The molecule has 4 atom stereocenters. The van der Waals surface area contributed by atoms with Gasteiger partial charge in [-0.3, -0.25) is 0 Å². The molecule has 0 bridgehead atoms. The monoisotopic (exact) mass is 148 g/mol. The largest absolute Gasteiger partial charge is 0.388 e. The number of nitrogens with two attached hydrogens (primary N) is 1. The lowest BCUT2D eigenvalue weighted by Crippen LogP contribution is -2.53. The van der Waals surface area contributed by atoms with Crippen molar-refractivity contribution in [1.82, 2.24) is 0 Å². The van der Waals surface area contributed by atoms with Gasteiger partial charge in [-0.2, -0.15) is 0 Å². The van der Waals surface area contributed by atoms with Gasteiger partial charge >= 0.3 is 0 Å². The number of aliphatic hydroxyl groups is 1. The maximum absolute atomic E-state index is 12.5.